The van der Waals surface area contributed by atoms with E-state index in [9.17, 15) is 14.4 Å². The molecule has 0 saturated carbocycles. The summed E-state index contributed by atoms with van der Waals surface area (Å²) in [5.41, 5.74) is 0. The van der Waals surface area contributed by atoms with Gasteiger partial charge in [-0.1, -0.05) is 0 Å². The third-order valence-electron chi connectivity index (χ3n) is 1.31. The normalized spacial score (nSPS) is 14.4. The Morgan fingerprint density at radius 2 is 1.57 bits per heavy atom. The van der Waals surface area contributed by atoms with Crippen molar-refractivity contribution in [3.8, 4) is 0 Å². The van der Waals surface area contributed by atoms with Gasteiger partial charge in [0, 0.05) is 0 Å². The smallest absolute Gasteiger partial charge is 0.334 e. The van der Waals surface area contributed by atoms with Crippen LogP contribution in [0.2, 0.25) is 0 Å². The predicted octanol–water partition coefficient (Wildman–Crippen LogP) is -2.44. The molecule has 0 aromatic carbocycles. The molecule has 2 atom stereocenters. The SMILES string of the molecule is O=C(O)CNC(C(=O)O)C(O)C(=O)O. The number of carboxylic acids is 3. The number of nitrogens with one attached hydrogen (secondary N) is 1. The Morgan fingerprint density at radius 1 is 1.07 bits per heavy atom. The number of hydrogen-bond donors (Lipinski definition) is 5. The van der Waals surface area contributed by atoms with Crippen LogP contribution in [0.15, 0.2) is 0 Å². The number of aliphatic hydroxyl groups excluding tert-OH is 1. The van der Waals surface area contributed by atoms with Crippen LogP contribution >= 0.6 is 0 Å². The van der Waals surface area contributed by atoms with E-state index in [1.807, 2.05) is 5.32 Å². The fraction of sp³-hybridized carbons (Fsp3) is 0.500. The molecular weight excluding hydrogens is 198 g/mol. The van der Waals surface area contributed by atoms with E-state index in [0.29, 0.717) is 0 Å². The summed E-state index contributed by atoms with van der Waals surface area (Å²) >= 11 is 0. The molecule has 0 saturated heterocycles. The van der Waals surface area contributed by atoms with Crippen LogP contribution < -0.4 is 5.32 Å². The van der Waals surface area contributed by atoms with Crippen molar-refractivity contribution in [3.05, 3.63) is 0 Å². The summed E-state index contributed by atoms with van der Waals surface area (Å²) in [6, 6.07) is -1.84. The van der Waals surface area contributed by atoms with Gasteiger partial charge in [0.2, 0.25) is 0 Å². The molecule has 0 aromatic rings. The van der Waals surface area contributed by atoms with E-state index in [1.165, 1.54) is 0 Å². The quantitative estimate of drug-likeness (QED) is 0.323. The molecule has 80 valence electrons. The molecule has 0 aliphatic rings. The zero-order valence-electron chi connectivity index (χ0n) is 6.88. The van der Waals surface area contributed by atoms with E-state index in [2.05, 4.69) is 0 Å². The molecule has 0 spiro atoms. The van der Waals surface area contributed by atoms with Gasteiger partial charge in [-0.3, -0.25) is 14.9 Å². The Kier molecular flexibility index (Phi) is 4.53. The van der Waals surface area contributed by atoms with Gasteiger partial charge in [-0.25, -0.2) is 4.79 Å². The number of carboxylic acid groups (broad SMARTS) is 3. The van der Waals surface area contributed by atoms with Gasteiger partial charge in [0.1, 0.15) is 6.04 Å². The summed E-state index contributed by atoms with van der Waals surface area (Å²) in [5.74, 6) is -4.73. The third-order valence-corrected chi connectivity index (χ3v) is 1.31. The molecule has 0 aliphatic carbocycles. The van der Waals surface area contributed by atoms with Crippen LogP contribution in [-0.2, 0) is 14.4 Å². The van der Waals surface area contributed by atoms with E-state index in [1.54, 1.807) is 0 Å². The molecule has 0 heterocycles. The minimum Gasteiger partial charge on any atom is -0.480 e. The first-order chi connectivity index (χ1) is 6.36. The Hall–Kier alpha value is -1.67. The standard InChI is InChI=1S/C6H9NO7/c8-2(9)1-7-3(5(11)12)4(10)6(13)14/h3-4,7,10H,1H2,(H,8,9)(H,11,12)(H,13,14). The van der Waals surface area contributed by atoms with Gasteiger partial charge in [-0.15, -0.1) is 0 Å². The Labute approximate surface area is 77.8 Å². The highest BCUT2D eigenvalue weighted by Gasteiger charge is 2.31. The molecule has 0 aliphatic heterocycles. The van der Waals surface area contributed by atoms with Crippen molar-refractivity contribution in [1.29, 1.82) is 0 Å². The van der Waals surface area contributed by atoms with Crippen LogP contribution in [0.4, 0.5) is 0 Å². The fourth-order valence-corrected chi connectivity index (χ4v) is 0.674. The van der Waals surface area contributed by atoms with Crippen LogP contribution in [0.1, 0.15) is 0 Å². The molecule has 0 bridgehead atoms. The number of aliphatic carboxylic acids is 3. The topological polar surface area (TPSA) is 144 Å². The first-order valence-electron chi connectivity index (χ1n) is 3.45. The second-order valence-electron chi connectivity index (χ2n) is 2.37. The van der Waals surface area contributed by atoms with E-state index in [-0.39, 0.29) is 0 Å². The van der Waals surface area contributed by atoms with Crippen molar-refractivity contribution in [2.75, 3.05) is 6.54 Å². The lowest BCUT2D eigenvalue weighted by atomic mass is 10.1. The minimum atomic E-state index is -2.19. The summed E-state index contributed by atoms with van der Waals surface area (Å²) in [6.45, 7) is -0.749. The molecule has 8 heteroatoms. The third kappa shape index (κ3) is 3.83. The predicted molar refractivity (Wildman–Crippen MR) is 40.7 cm³/mol. The maximum atomic E-state index is 10.4. The molecule has 0 rings (SSSR count). The van der Waals surface area contributed by atoms with Crippen molar-refractivity contribution in [2.24, 2.45) is 0 Å². The largest absolute Gasteiger partial charge is 0.480 e. The van der Waals surface area contributed by atoms with Gasteiger partial charge in [0.15, 0.2) is 6.10 Å². The zero-order chi connectivity index (χ0) is 11.3. The Bertz CT molecular complexity index is 251. The fourth-order valence-electron chi connectivity index (χ4n) is 0.674. The number of aliphatic hydroxyl groups is 1. The van der Waals surface area contributed by atoms with Gasteiger partial charge in [0.25, 0.3) is 0 Å². The van der Waals surface area contributed by atoms with Crippen molar-refractivity contribution in [3.63, 3.8) is 0 Å². The monoisotopic (exact) mass is 207 g/mol. The molecule has 0 fully saturated rings. The van der Waals surface area contributed by atoms with Crippen LogP contribution in [0.5, 0.6) is 0 Å². The molecule has 2 unspecified atom stereocenters. The highest BCUT2D eigenvalue weighted by molar-refractivity contribution is 5.84. The maximum absolute atomic E-state index is 10.4. The molecule has 0 aromatic heterocycles. The summed E-state index contributed by atoms with van der Waals surface area (Å²) < 4.78 is 0. The number of carbonyl (C=O) groups is 3. The summed E-state index contributed by atoms with van der Waals surface area (Å²) in [7, 11) is 0. The lowest BCUT2D eigenvalue weighted by Gasteiger charge is -2.15. The summed E-state index contributed by atoms with van der Waals surface area (Å²) in [6.07, 6.45) is -2.19. The number of hydrogen-bond acceptors (Lipinski definition) is 5. The average molecular weight is 207 g/mol. The number of rotatable bonds is 6. The highest BCUT2D eigenvalue weighted by atomic mass is 16.4. The minimum absolute atomic E-state index is 0.749. The molecule has 0 radical (unpaired) electrons. The van der Waals surface area contributed by atoms with Crippen LogP contribution in [0.3, 0.4) is 0 Å². The van der Waals surface area contributed by atoms with E-state index >= 15 is 0 Å². The first-order valence-corrected chi connectivity index (χ1v) is 3.45. The second kappa shape index (κ2) is 5.14. The van der Waals surface area contributed by atoms with Crippen molar-refractivity contribution in [2.45, 2.75) is 12.1 Å². The highest BCUT2D eigenvalue weighted by Crippen LogP contribution is 1.94. The van der Waals surface area contributed by atoms with Gasteiger partial charge in [-0.05, 0) is 0 Å². The van der Waals surface area contributed by atoms with Crippen LogP contribution in [-0.4, -0.2) is 57.0 Å². The first kappa shape index (κ1) is 12.3. The van der Waals surface area contributed by atoms with Gasteiger partial charge in [0.05, 0.1) is 6.54 Å². The van der Waals surface area contributed by atoms with Gasteiger partial charge >= 0.3 is 17.9 Å². The van der Waals surface area contributed by atoms with Crippen molar-refractivity contribution < 1.29 is 34.8 Å². The van der Waals surface area contributed by atoms with Crippen molar-refractivity contribution >= 4 is 17.9 Å². The molecule has 5 N–H and O–H groups in total. The lowest BCUT2D eigenvalue weighted by molar-refractivity contribution is -0.156. The second-order valence-corrected chi connectivity index (χ2v) is 2.37. The van der Waals surface area contributed by atoms with E-state index < -0.39 is 36.6 Å². The van der Waals surface area contributed by atoms with Gasteiger partial charge in [-0.2, -0.15) is 0 Å². The van der Waals surface area contributed by atoms with Gasteiger partial charge < -0.3 is 20.4 Å². The van der Waals surface area contributed by atoms with Crippen molar-refractivity contribution in [1.82, 2.24) is 5.32 Å². The molecule has 8 nitrogen and oxygen atoms in total. The Balaban J connectivity index is 4.37. The zero-order valence-corrected chi connectivity index (χ0v) is 6.88. The van der Waals surface area contributed by atoms with E-state index in [0.717, 1.165) is 0 Å². The maximum Gasteiger partial charge on any atom is 0.334 e. The lowest BCUT2D eigenvalue weighted by Crippen LogP contribution is -2.51. The summed E-state index contributed by atoms with van der Waals surface area (Å²) in [4.78, 5) is 30.6. The molecular formula is C6H9NO7. The van der Waals surface area contributed by atoms with Crippen LogP contribution in [0.25, 0.3) is 0 Å². The Morgan fingerprint density at radius 3 is 1.86 bits per heavy atom. The van der Waals surface area contributed by atoms with Crippen LogP contribution in [0, 0.1) is 0 Å². The average Bonchev–Trinajstić information content (AvgIpc) is 2.02. The summed E-state index contributed by atoms with van der Waals surface area (Å²) in [5, 5.41) is 35.6. The molecule has 14 heavy (non-hydrogen) atoms. The molecule has 0 amide bonds. The van der Waals surface area contributed by atoms with E-state index in [4.69, 9.17) is 20.4 Å².